The lowest BCUT2D eigenvalue weighted by Crippen LogP contribution is -2.59. The van der Waals surface area contributed by atoms with Crippen molar-refractivity contribution in [1.82, 2.24) is 9.80 Å². The van der Waals surface area contributed by atoms with Crippen molar-refractivity contribution in [2.24, 2.45) is 5.92 Å². The maximum absolute atomic E-state index is 9.74. The summed E-state index contributed by atoms with van der Waals surface area (Å²) < 4.78 is 0. The number of phenolic OH excluding ortho intramolecular Hbond substituents is 1. The molecule has 0 saturated carbocycles. The first-order chi connectivity index (χ1) is 9.24. The lowest BCUT2D eigenvalue weighted by Gasteiger charge is -2.51. The second-order valence-electron chi connectivity index (χ2n) is 6.50. The minimum atomic E-state index is 0.402. The fourth-order valence-corrected chi connectivity index (χ4v) is 4.77. The molecule has 3 atom stereocenters. The predicted molar refractivity (Wildman–Crippen MR) is 75.4 cm³/mol. The van der Waals surface area contributed by atoms with Gasteiger partial charge in [0.2, 0.25) is 0 Å². The van der Waals surface area contributed by atoms with E-state index in [4.69, 9.17) is 0 Å². The Labute approximate surface area is 114 Å². The molecule has 3 nitrogen and oxygen atoms in total. The van der Waals surface area contributed by atoms with Crippen LogP contribution in [0.5, 0.6) is 5.75 Å². The van der Waals surface area contributed by atoms with Gasteiger partial charge < -0.3 is 10.0 Å². The second-order valence-corrected chi connectivity index (χ2v) is 6.50. The van der Waals surface area contributed by atoms with Gasteiger partial charge in [0, 0.05) is 24.5 Å². The molecule has 1 aromatic carbocycles. The third-order valence-corrected chi connectivity index (χ3v) is 5.53. The molecule has 4 aliphatic heterocycles. The Kier molecular flexibility index (Phi) is 2.61. The van der Waals surface area contributed by atoms with Crippen LogP contribution in [-0.2, 0) is 0 Å². The number of likely N-dealkylation sites (N-methyl/N-ethyl adjacent to an activating group) is 1. The van der Waals surface area contributed by atoms with Crippen LogP contribution in [0, 0.1) is 5.92 Å². The van der Waals surface area contributed by atoms with Gasteiger partial charge in [-0.2, -0.15) is 0 Å². The van der Waals surface area contributed by atoms with Gasteiger partial charge in [0.1, 0.15) is 5.75 Å². The van der Waals surface area contributed by atoms with E-state index >= 15 is 0 Å². The zero-order valence-electron chi connectivity index (χ0n) is 11.5. The molecule has 4 heterocycles. The number of nitrogens with zero attached hydrogens (tertiary/aromatic N) is 2. The fourth-order valence-electron chi connectivity index (χ4n) is 4.77. The molecule has 1 aromatic rings. The van der Waals surface area contributed by atoms with Crippen LogP contribution in [0.15, 0.2) is 24.3 Å². The Balaban J connectivity index is 1.70. The summed E-state index contributed by atoms with van der Waals surface area (Å²) in [6.07, 6.45) is 2.75. The molecule has 3 heteroatoms. The van der Waals surface area contributed by atoms with Crippen molar-refractivity contribution in [3.8, 4) is 5.75 Å². The minimum absolute atomic E-state index is 0.402. The molecular weight excluding hydrogens is 236 g/mol. The van der Waals surface area contributed by atoms with E-state index < -0.39 is 0 Å². The normalized spacial score (nSPS) is 41.4. The average Bonchev–Trinajstić information content (AvgIpc) is 2.80. The quantitative estimate of drug-likeness (QED) is 0.833. The summed E-state index contributed by atoms with van der Waals surface area (Å²) in [6.45, 7) is 3.68. The number of hydrogen-bond acceptors (Lipinski definition) is 3. The number of rotatable bonds is 1. The van der Waals surface area contributed by atoms with E-state index in [0.717, 1.165) is 18.5 Å². The van der Waals surface area contributed by atoms with Gasteiger partial charge in [-0.3, -0.25) is 4.90 Å². The van der Waals surface area contributed by atoms with Crippen molar-refractivity contribution >= 4 is 0 Å². The standard InChI is InChI=1S/C16H22N2O/c1-17-10-14(12-3-2-4-13(19)9-12)16-15(17)11-5-7-18(16)8-6-11/h2-4,9,11,14-16,19H,5-8,10H2,1H3/t14-,15+,16+/m1/s1. The van der Waals surface area contributed by atoms with Gasteiger partial charge in [0.15, 0.2) is 0 Å². The first-order valence-electron chi connectivity index (χ1n) is 7.47. The Morgan fingerprint density at radius 3 is 2.68 bits per heavy atom. The summed E-state index contributed by atoms with van der Waals surface area (Å²) in [7, 11) is 2.28. The van der Waals surface area contributed by atoms with Crippen molar-refractivity contribution in [3.63, 3.8) is 0 Å². The smallest absolute Gasteiger partial charge is 0.115 e. The minimum Gasteiger partial charge on any atom is -0.508 e. The molecule has 5 rings (SSSR count). The zero-order valence-corrected chi connectivity index (χ0v) is 11.5. The predicted octanol–water partition coefficient (Wildman–Crippen LogP) is 1.88. The van der Waals surface area contributed by atoms with Crippen molar-refractivity contribution in [1.29, 1.82) is 0 Å². The van der Waals surface area contributed by atoms with Gasteiger partial charge >= 0.3 is 0 Å². The van der Waals surface area contributed by atoms with Crippen molar-refractivity contribution < 1.29 is 5.11 Å². The first kappa shape index (κ1) is 11.7. The van der Waals surface area contributed by atoms with E-state index in [-0.39, 0.29) is 0 Å². The molecule has 0 aromatic heterocycles. The monoisotopic (exact) mass is 258 g/mol. The zero-order chi connectivity index (χ0) is 13.0. The third kappa shape index (κ3) is 1.72. The van der Waals surface area contributed by atoms with Crippen molar-refractivity contribution in [2.75, 3.05) is 26.7 Å². The molecule has 0 spiro atoms. The highest BCUT2D eigenvalue weighted by Crippen LogP contribution is 2.46. The number of piperidine rings is 3. The average molecular weight is 258 g/mol. The SMILES string of the molecule is CN1C[C@H](c2cccc(O)c2)[C@H]2[C@@H]1C1CCN2CC1. The largest absolute Gasteiger partial charge is 0.508 e. The number of benzene rings is 1. The molecule has 4 saturated heterocycles. The van der Waals surface area contributed by atoms with Crippen molar-refractivity contribution in [3.05, 3.63) is 29.8 Å². The Morgan fingerprint density at radius 2 is 1.95 bits per heavy atom. The maximum Gasteiger partial charge on any atom is 0.115 e. The number of phenols is 1. The van der Waals surface area contributed by atoms with Gasteiger partial charge in [-0.1, -0.05) is 12.1 Å². The number of likely N-dealkylation sites (tertiary alicyclic amines) is 1. The Hall–Kier alpha value is -1.06. The van der Waals surface area contributed by atoms with Gasteiger partial charge in [-0.05, 0) is 56.6 Å². The molecule has 0 radical (unpaired) electrons. The highest BCUT2D eigenvalue weighted by Gasteiger charge is 2.52. The summed E-state index contributed by atoms with van der Waals surface area (Å²) in [4.78, 5) is 5.26. The van der Waals surface area contributed by atoms with Crippen molar-refractivity contribution in [2.45, 2.75) is 30.8 Å². The fraction of sp³-hybridized carbons (Fsp3) is 0.625. The van der Waals surface area contributed by atoms with E-state index in [1.807, 2.05) is 12.1 Å². The van der Waals surface area contributed by atoms with Crippen LogP contribution in [0.1, 0.15) is 24.3 Å². The summed E-state index contributed by atoms with van der Waals surface area (Å²) >= 11 is 0. The Bertz CT molecular complexity index is 481. The topological polar surface area (TPSA) is 26.7 Å². The first-order valence-corrected chi connectivity index (χ1v) is 7.47. The van der Waals surface area contributed by atoms with E-state index in [1.165, 1.54) is 31.5 Å². The number of aromatic hydroxyl groups is 1. The summed E-state index contributed by atoms with van der Waals surface area (Å²) in [6, 6.07) is 9.30. The van der Waals surface area contributed by atoms with Gasteiger partial charge in [-0.25, -0.2) is 0 Å². The van der Waals surface area contributed by atoms with Gasteiger partial charge in [0.25, 0.3) is 0 Å². The van der Waals surface area contributed by atoms with Crippen LogP contribution >= 0.6 is 0 Å². The molecule has 4 aliphatic rings. The molecule has 1 N–H and O–H groups in total. The molecule has 102 valence electrons. The maximum atomic E-state index is 9.74. The summed E-state index contributed by atoms with van der Waals surface area (Å²) in [5.41, 5.74) is 1.31. The molecule has 0 amide bonds. The molecule has 19 heavy (non-hydrogen) atoms. The lowest BCUT2D eigenvalue weighted by molar-refractivity contribution is 0.000193. The van der Waals surface area contributed by atoms with Crippen LogP contribution < -0.4 is 0 Å². The van der Waals surface area contributed by atoms with E-state index in [1.54, 1.807) is 6.07 Å². The molecule has 0 unspecified atom stereocenters. The van der Waals surface area contributed by atoms with Gasteiger partial charge in [-0.15, -0.1) is 0 Å². The van der Waals surface area contributed by atoms with Crippen LogP contribution in [0.3, 0.4) is 0 Å². The van der Waals surface area contributed by atoms with Crippen LogP contribution in [-0.4, -0.2) is 53.7 Å². The van der Waals surface area contributed by atoms with Crippen LogP contribution in [0.25, 0.3) is 0 Å². The summed E-state index contributed by atoms with van der Waals surface area (Å²) in [5, 5.41) is 9.74. The lowest BCUT2D eigenvalue weighted by atomic mass is 9.75. The highest BCUT2D eigenvalue weighted by atomic mass is 16.3. The number of hydrogen-bond donors (Lipinski definition) is 1. The van der Waals surface area contributed by atoms with E-state index in [0.29, 0.717) is 17.7 Å². The Morgan fingerprint density at radius 1 is 1.16 bits per heavy atom. The summed E-state index contributed by atoms with van der Waals surface area (Å²) in [5.74, 6) is 1.85. The number of fused-ring (bicyclic) bond motifs is 2. The molecule has 2 bridgehead atoms. The second kappa shape index (κ2) is 4.22. The highest BCUT2D eigenvalue weighted by molar-refractivity contribution is 5.33. The van der Waals surface area contributed by atoms with Crippen LogP contribution in [0.2, 0.25) is 0 Å². The van der Waals surface area contributed by atoms with Gasteiger partial charge in [0.05, 0.1) is 0 Å². The molecule has 4 fully saturated rings. The molecular formula is C16H22N2O. The van der Waals surface area contributed by atoms with E-state index in [9.17, 15) is 5.11 Å². The molecule has 0 aliphatic carbocycles. The van der Waals surface area contributed by atoms with Crippen LogP contribution in [0.4, 0.5) is 0 Å². The third-order valence-electron chi connectivity index (χ3n) is 5.53. The van der Waals surface area contributed by atoms with E-state index in [2.05, 4.69) is 22.9 Å².